The van der Waals surface area contributed by atoms with Crippen molar-refractivity contribution >= 4 is 11.4 Å². The maximum Gasteiger partial charge on any atom is 0.0374 e. The van der Waals surface area contributed by atoms with Crippen LogP contribution in [0.15, 0.2) is 12.1 Å². The van der Waals surface area contributed by atoms with Gasteiger partial charge in [-0.15, -0.1) is 0 Å². The van der Waals surface area contributed by atoms with Crippen LogP contribution >= 0.6 is 0 Å². The number of aryl methyl sites for hydroxylation is 2. The normalized spacial score (nSPS) is 9.92. The molecule has 1 rings (SSSR count). The quantitative estimate of drug-likeness (QED) is 0.658. The first-order valence-electron chi connectivity index (χ1n) is 4.25. The lowest BCUT2D eigenvalue weighted by Crippen LogP contribution is -2.00. The number of anilines is 2. The van der Waals surface area contributed by atoms with Gasteiger partial charge in [-0.05, 0) is 44.0 Å². The zero-order chi connectivity index (χ0) is 9.14. The Balaban J connectivity index is 3.04. The zero-order valence-electron chi connectivity index (χ0n) is 7.94. The predicted octanol–water partition coefficient (Wildman–Crippen LogP) is 2.32. The van der Waals surface area contributed by atoms with Crippen molar-refractivity contribution in [1.82, 2.24) is 0 Å². The van der Waals surface area contributed by atoms with E-state index in [1.54, 1.807) is 0 Å². The van der Waals surface area contributed by atoms with Crippen LogP contribution in [0.4, 0.5) is 11.4 Å². The second-order valence-corrected chi connectivity index (χ2v) is 3.05. The van der Waals surface area contributed by atoms with Crippen molar-refractivity contribution in [2.75, 3.05) is 17.6 Å². The maximum absolute atomic E-state index is 5.82. The summed E-state index contributed by atoms with van der Waals surface area (Å²) in [5.74, 6) is 0. The third-order valence-corrected chi connectivity index (χ3v) is 1.97. The third kappa shape index (κ3) is 1.70. The molecule has 0 radical (unpaired) electrons. The Morgan fingerprint density at radius 1 is 1.25 bits per heavy atom. The van der Waals surface area contributed by atoms with E-state index in [2.05, 4.69) is 24.4 Å². The van der Waals surface area contributed by atoms with E-state index in [1.165, 1.54) is 0 Å². The molecule has 1 aromatic rings. The first kappa shape index (κ1) is 8.91. The summed E-state index contributed by atoms with van der Waals surface area (Å²) in [6, 6.07) is 4.15. The van der Waals surface area contributed by atoms with Gasteiger partial charge >= 0.3 is 0 Å². The van der Waals surface area contributed by atoms with Crippen molar-refractivity contribution in [2.24, 2.45) is 0 Å². The Kier molecular flexibility index (Phi) is 2.58. The number of hydrogen-bond donors (Lipinski definition) is 2. The van der Waals surface area contributed by atoms with Crippen LogP contribution < -0.4 is 11.1 Å². The van der Waals surface area contributed by atoms with Crippen molar-refractivity contribution in [3.8, 4) is 0 Å². The molecule has 12 heavy (non-hydrogen) atoms. The fraction of sp³-hybridized carbons (Fsp3) is 0.400. The third-order valence-electron chi connectivity index (χ3n) is 1.97. The number of nitrogen functional groups attached to an aromatic ring is 1. The van der Waals surface area contributed by atoms with E-state index < -0.39 is 0 Å². The van der Waals surface area contributed by atoms with Crippen molar-refractivity contribution in [2.45, 2.75) is 20.8 Å². The molecule has 0 atom stereocenters. The summed E-state index contributed by atoms with van der Waals surface area (Å²) in [4.78, 5) is 0. The number of benzene rings is 1. The Hall–Kier alpha value is -1.18. The molecule has 0 aliphatic rings. The lowest BCUT2D eigenvalue weighted by Gasteiger charge is -2.09. The van der Waals surface area contributed by atoms with Crippen LogP contribution in [0.1, 0.15) is 18.1 Å². The van der Waals surface area contributed by atoms with Crippen LogP contribution in [0.3, 0.4) is 0 Å². The van der Waals surface area contributed by atoms with Crippen LogP contribution in [0, 0.1) is 13.8 Å². The number of rotatable bonds is 2. The van der Waals surface area contributed by atoms with E-state index in [9.17, 15) is 0 Å². The first-order chi connectivity index (χ1) is 5.65. The molecule has 0 saturated carbocycles. The van der Waals surface area contributed by atoms with E-state index in [-0.39, 0.29) is 0 Å². The van der Waals surface area contributed by atoms with Crippen molar-refractivity contribution in [3.63, 3.8) is 0 Å². The topological polar surface area (TPSA) is 38.0 Å². The molecule has 66 valence electrons. The summed E-state index contributed by atoms with van der Waals surface area (Å²) in [6.45, 7) is 7.09. The summed E-state index contributed by atoms with van der Waals surface area (Å²) in [7, 11) is 0. The van der Waals surface area contributed by atoms with E-state index in [0.29, 0.717) is 0 Å². The molecular formula is C10H16N2. The lowest BCUT2D eigenvalue weighted by atomic mass is 10.1. The van der Waals surface area contributed by atoms with Crippen LogP contribution in [0.5, 0.6) is 0 Å². The Morgan fingerprint density at radius 2 is 1.75 bits per heavy atom. The monoisotopic (exact) mass is 164 g/mol. The molecule has 0 aliphatic carbocycles. The van der Waals surface area contributed by atoms with Crippen molar-refractivity contribution in [1.29, 1.82) is 0 Å². The number of nitrogens with two attached hydrogens (primary N) is 1. The fourth-order valence-corrected chi connectivity index (χ4v) is 1.28. The largest absolute Gasteiger partial charge is 0.398 e. The predicted molar refractivity (Wildman–Crippen MR) is 54.5 cm³/mol. The van der Waals surface area contributed by atoms with E-state index in [4.69, 9.17) is 5.73 Å². The summed E-state index contributed by atoms with van der Waals surface area (Å²) in [6.07, 6.45) is 0. The Bertz CT molecular complexity index is 256. The smallest absolute Gasteiger partial charge is 0.0374 e. The molecular weight excluding hydrogens is 148 g/mol. The van der Waals surface area contributed by atoms with Gasteiger partial charge < -0.3 is 11.1 Å². The minimum Gasteiger partial charge on any atom is -0.398 e. The van der Waals surface area contributed by atoms with E-state index >= 15 is 0 Å². The molecule has 3 N–H and O–H groups in total. The van der Waals surface area contributed by atoms with Gasteiger partial charge in [-0.1, -0.05) is 0 Å². The highest BCUT2D eigenvalue weighted by atomic mass is 14.8. The molecule has 0 aliphatic heterocycles. The second-order valence-electron chi connectivity index (χ2n) is 3.05. The first-order valence-corrected chi connectivity index (χ1v) is 4.25. The van der Waals surface area contributed by atoms with Crippen molar-refractivity contribution in [3.05, 3.63) is 23.3 Å². The summed E-state index contributed by atoms with van der Waals surface area (Å²) < 4.78 is 0. The molecule has 0 bridgehead atoms. The van der Waals surface area contributed by atoms with Gasteiger partial charge in [0.15, 0.2) is 0 Å². The van der Waals surface area contributed by atoms with Gasteiger partial charge in [0.25, 0.3) is 0 Å². The summed E-state index contributed by atoms with van der Waals surface area (Å²) in [5, 5.41) is 3.26. The van der Waals surface area contributed by atoms with Gasteiger partial charge in [0.1, 0.15) is 0 Å². The number of nitrogens with one attached hydrogen (secondary N) is 1. The van der Waals surface area contributed by atoms with Gasteiger partial charge in [-0.25, -0.2) is 0 Å². The molecule has 0 heterocycles. The van der Waals surface area contributed by atoms with E-state index in [1.807, 2.05) is 13.8 Å². The molecule has 0 fully saturated rings. The minimum absolute atomic E-state index is 0.900. The molecule has 0 saturated heterocycles. The van der Waals surface area contributed by atoms with Crippen LogP contribution in [-0.4, -0.2) is 6.54 Å². The molecule has 0 spiro atoms. The molecule has 0 amide bonds. The highest BCUT2D eigenvalue weighted by molar-refractivity contribution is 5.61. The highest BCUT2D eigenvalue weighted by Crippen LogP contribution is 2.21. The molecule has 0 aromatic heterocycles. The Morgan fingerprint density at radius 3 is 2.17 bits per heavy atom. The average molecular weight is 164 g/mol. The van der Waals surface area contributed by atoms with Crippen LogP contribution in [-0.2, 0) is 0 Å². The Labute approximate surface area is 73.8 Å². The zero-order valence-corrected chi connectivity index (χ0v) is 7.94. The van der Waals surface area contributed by atoms with Gasteiger partial charge in [-0.3, -0.25) is 0 Å². The summed E-state index contributed by atoms with van der Waals surface area (Å²) in [5.41, 5.74) is 10.2. The van der Waals surface area contributed by atoms with Crippen LogP contribution in [0.2, 0.25) is 0 Å². The summed E-state index contributed by atoms with van der Waals surface area (Å²) >= 11 is 0. The van der Waals surface area contributed by atoms with Gasteiger partial charge in [0.05, 0.1) is 0 Å². The molecule has 0 unspecified atom stereocenters. The lowest BCUT2D eigenvalue weighted by molar-refractivity contribution is 1.20. The van der Waals surface area contributed by atoms with Gasteiger partial charge in [-0.2, -0.15) is 0 Å². The van der Waals surface area contributed by atoms with E-state index in [0.717, 1.165) is 29.0 Å². The standard InChI is InChI=1S/C10H16N2/c1-4-12-9-5-7(2)10(11)8(3)6-9/h5-6,12H,4,11H2,1-3H3. The van der Waals surface area contributed by atoms with Crippen molar-refractivity contribution < 1.29 is 0 Å². The minimum atomic E-state index is 0.900. The van der Waals surface area contributed by atoms with Gasteiger partial charge in [0.2, 0.25) is 0 Å². The van der Waals surface area contributed by atoms with Gasteiger partial charge in [0, 0.05) is 17.9 Å². The highest BCUT2D eigenvalue weighted by Gasteiger charge is 1.99. The SMILES string of the molecule is CCNc1cc(C)c(N)c(C)c1. The van der Waals surface area contributed by atoms with Crippen LogP contribution in [0.25, 0.3) is 0 Å². The molecule has 2 nitrogen and oxygen atoms in total. The fourth-order valence-electron chi connectivity index (χ4n) is 1.28. The average Bonchev–Trinajstić information content (AvgIpc) is 2.01. The molecule has 2 heteroatoms. The maximum atomic E-state index is 5.82. The molecule has 1 aromatic carbocycles. The number of hydrogen-bond acceptors (Lipinski definition) is 2. The second kappa shape index (κ2) is 3.48.